The minimum atomic E-state index is -0.516. The van der Waals surface area contributed by atoms with Crippen molar-refractivity contribution in [1.82, 2.24) is 19.6 Å². The van der Waals surface area contributed by atoms with Gasteiger partial charge in [-0.1, -0.05) is 12.8 Å². The van der Waals surface area contributed by atoms with Gasteiger partial charge in [-0.3, -0.25) is 9.48 Å². The van der Waals surface area contributed by atoms with Gasteiger partial charge in [0.1, 0.15) is 11.3 Å². The van der Waals surface area contributed by atoms with Crippen molar-refractivity contribution in [2.45, 2.75) is 70.6 Å². The van der Waals surface area contributed by atoms with Gasteiger partial charge in [-0.15, -0.1) is 0 Å². The Balaban J connectivity index is 1.81. The van der Waals surface area contributed by atoms with Crippen molar-refractivity contribution >= 4 is 12.0 Å². The van der Waals surface area contributed by atoms with Gasteiger partial charge in [-0.25, -0.2) is 4.79 Å². The van der Waals surface area contributed by atoms with Crippen molar-refractivity contribution < 1.29 is 14.3 Å². The van der Waals surface area contributed by atoms with Crippen molar-refractivity contribution in [2.75, 3.05) is 13.1 Å². The summed E-state index contributed by atoms with van der Waals surface area (Å²) >= 11 is 0. The van der Waals surface area contributed by atoms with E-state index in [0.717, 1.165) is 32.1 Å². The molecule has 7 heteroatoms. The number of hydrogen-bond donors (Lipinski definition) is 0. The molecule has 0 spiro atoms. The van der Waals surface area contributed by atoms with Crippen molar-refractivity contribution in [1.29, 1.82) is 0 Å². The molecule has 2 aliphatic heterocycles. The minimum absolute atomic E-state index is 0.00205. The number of hydrogen-bond acceptors (Lipinski definition) is 4. The lowest BCUT2D eigenvalue weighted by Gasteiger charge is -2.38. The third kappa shape index (κ3) is 3.86. The highest BCUT2D eigenvalue weighted by Gasteiger charge is 2.43. The predicted octanol–water partition coefficient (Wildman–Crippen LogP) is 2.81. The maximum Gasteiger partial charge on any atom is 0.410 e. The molecule has 2 amide bonds. The van der Waals surface area contributed by atoms with Crippen LogP contribution in [0.4, 0.5) is 4.79 Å². The van der Waals surface area contributed by atoms with E-state index in [1.165, 1.54) is 0 Å². The third-order valence-electron chi connectivity index (χ3n) is 5.24. The number of rotatable bonds is 1. The molecule has 26 heavy (non-hydrogen) atoms. The van der Waals surface area contributed by atoms with E-state index in [2.05, 4.69) is 5.10 Å². The molecule has 0 bridgehead atoms. The van der Waals surface area contributed by atoms with Crippen molar-refractivity contribution in [3.05, 3.63) is 18.0 Å². The summed E-state index contributed by atoms with van der Waals surface area (Å²) in [4.78, 5) is 29.6. The number of nitrogens with zero attached hydrogens (tertiary/aromatic N) is 4. The first-order valence-corrected chi connectivity index (χ1v) is 9.56. The summed E-state index contributed by atoms with van der Waals surface area (Å²) in [6.45, 7) is 7.03. The normalized spacial score (nSPS) is 24.0. The Morgan fingerprint density at radius 3 is 2.46 bits per heavy atom. The topological polar surface area (TPSA) is 67.7 Å². The van der Waals surface area contributed by atoms with Crippen LogP contribution in [-0.4, -0.2) is 62.4 Å². The van der Waals surface area contributed by atoms with Crippen LogP contribution in [-0.2, 0) is 11.8 Å². The highest BCUT2D eigenvalue weighted by Crippen LogP contribution is 2.31. The van der Waals surface area contributed by atoms with E-state index < -0.39 is 5.60 Å². The van der Waals surface area contributed by atoms with Crippen LogP contribution in [0.15, 0.2) is 12.3 Å². The zero-order valence-corrected chi connectivity index (χ0v) is 16.3. The zero-order valence-electron chi connectivity index (χ0n) is 16.3. The summed E-state index contributed by atoms with van der Waals surface area (Å²) in [5, 5.41) is 4.11. The molecule has 1 aromatic heterocycles. The molecule has 0 aliphatic carbocycles. The number of likely N-dealkylation sites (tertiary alicyclic amines) is 2. The molecule has 2 aliphatic rings. The Kier molecular flexibility index (Phi) is 5.25. The lowest BCUT2D eigenvalue weighted by molar-refractivity contribution is 0.00892. The molecule has 3 rings (SSSR count). The van der Waals surface area contributed by atoms with Gasteiger partial charge in [0.25, 0.3) is 5.91 Å². The molecular formula is C19H30N4O3. The number of aromatic nitrogens is 2. The maximum atomic E-state index is 13.0. The van der Waals surface area contributed by atoms with Gasteiger partial charge < -0.3 is 14.5 Å². The zero-order chi connectivity index (χ0) is 18.9. The molecular weight excluding hydrogens is 332 g/mol. The van der Waals surface area contributed by atoms with Crippen LogP contribution in [0, 0.1) is 0 Å². The monoisotopic (exact) mass is 362 g/mol. The van der Waals surface area contributed by atoms with E-state index in [4.69, 9.17) is 4.74 Å². The predicted molar refractivity (Wildman–Crippen MR) is 97.8 cm³/mol. The summed E-state index contributed by atoms with van der Waals surface area (Å²) in [6, 6.07) is 1.83. The Morgan fingerprint density at radius 1 is 1.08 bits per heavy atom. The third-order valence-corrected chi connectivity index (χ3v) is 5.24. The standard InChI is InChI=1S/C19H30N4O3/c1-19(2,3)26-18(25)23-12-7-5-6-8-14-15(23)10-13-22(14)17(24)16-9-11-20-21(16)4/h9,11,14-15H,5-8,10,12-13H2,1-4H3/t14-,15-/m1/s1. The van der Waals surface area contributed by atoms with Gasteiger partial charge in [-0.05, 0) is 46.1 Å². The fourth-order valence-electron chi connectivity index (χ4n) is 4.06. The number of carbonyl (C=O) groups excluding carboxylic acids is 2. The average molecular weight is 362 g/mol. The smallest absolute Gasteiger partial charge is 0.410 e. The van der Waals surface area contributed by atoms with Gasteiger partial charge in [0.2, 0.25) is 0 Å². The molecule has 0 N–H and O–H groups in total. The summed E-state index contributed by atoms with van der Waals surface area (Å²) in [7, 11) is 1.78. The fourth-order valence-corrected chi connectivity index (χ4v) is 4.06. The summed E-state index contributed by atoms with van der Waals surface area (Å²) in [6.07, 6.45) is 6.24. The average Bonchev–Trinajstić information content (AvgIpc) is 3.11. The number of amides is 2. The maximum absolute atomic E-state index is 13.0. The first-order chi connectivity index (χ1) is 12.3. The van der Waals surface area contributed by atoms with Crippen LogP contribution in [0.3, 0.4) is 0 Å². The fraction of sp³-hybridized carbons (Fsp3) is 0.737. The highest BCUT2D eigenvalue weighted by molar-refractivity contribution is 5.93. The number of fused-ring (bicyclic) bond motifs is 1. The molecule has 0 saturated carbocycles. The van der Waals surface area contributed by atoms with Gasteiger partial charge in [0.05, 0.1) is 12.1 Å². The van der Waals surface area contributed by atoms with Gasteiger partial charge >= 0.3 is 6.09 Å². The van der Waals surface area contributed by atoms with E-state index in [1.807, 2.05) is 30.6 Å². The minimum Gasteiger partial charge on any atom is -0.444 e. The van der Waals surface area contributed by atoms with Crippen LogP contribution < -0.4 is 0 Å². The van der Waals surface area contributed by atoms with E-state index >= 15 is 0 Å². The molecule has 2 atom stereocenters. The number of ether oxygens (including phenoxy) is 1. The van der Waals surface area contributed by atoms with Crippen molar-refractivity contribution in [3.63, 3.8) is 0 Å². The molecule has 0 unspecified atom stereocenters. The first kappa shape index (κ1) is 18.7. The number of aryl methyl sites for hydroxylation is 1. The summed E-state index contributed by atoms with van der Waals surface area (Å²) < 4.78 is 7.25. The van der Waals surface area contributed by atoms with Gasteiger partial charge in [-0.2, -0.15) is 5.10 Å². The van der Waals surface area contributed by atoms with Crippen LogP contribution >= 0.6 is 0 Å². The van der Waals surface area contributed by atoms with Crippen LogP contribution in [0.1, 0.15) is 63.4 Å². The van der Waals surface area contributed by atoms with Crippen LogP contribution in [0.2, 0.25) is 0 Å². The Bertz CT molecular complexity index is 664. The second-order valence-corrected chi connectivity index (χ2v) is 8.29. The lowest BCUT2D eigenvalue weighted by atomic mass is 9.97. The SMILES string of the molecule is Cn1nccc1C(=O)N1CC[C@@H]2[C@H]1CCCCCN2C(=O)OC(C)(C)C. The summed E-state index contributed by atoms with van der Waals surface area (Å²) in [5.41, 5.74) is 0.0779. The molecule has 0 radical (unpaired) electrons. The van der Waals surface area contributed by atoms with Gasteiger partial charge in [0.15, 0.2) is 0 Å². The van der Waals surface area contributed by atoms with Crippen molar-refractivity contribution in [2.24, 2.45) is 7.05 Å². The van der Waals surface area contributed by atoms with E-state index in [9.17, 15) is 9.59 Å². The molecule has 3 heterocycles. The second-order valence-electron chi connectivity index (χ2n) is 8.29. The number of carbonyl (C=O) groups is 2. The Hall–Kier alpha value is -2.05. The molecule has 2 fully saturated rings. The summed E-state index contributed by atoms with van der Waals surface area (Å²) in [5.74, 6) is 0.00205. The molecule has 144 valence electrons. The quantitative estimate of drug-likeness (QED) is 0.770. The van der Waals surface area contributed by atoms with E-state index in [0.29, 0.717) is 18.8 Å². The molecule has 7 nitrogen and oxygen atoms in total. The Labute approximate surface area is 155 Å². The van der Waals surface area contributed by atoms with Crippen LogP contribution in [0.5, 0.6) is 0 Å². The Morgan fingerprint density at radius 2 is 1.81 bits per heavy atom. The largest absolute Gasteiger partial charge is 0.444 e. The van der Waals surface area contributed by atoms with Crippen LogP contribution in [0.25, 0.3) is 0 Å². The van der Waals surface area contributed by atoms with E-state index in [1.54, 1.807) is 24.0 Å². The second kappa shape index (κ2) is 7.29. The highest BCUT2D eigenvalue weighted by atomic mass is 16.6. The van der Waals surface area contributed by atoms with Crippen molar-refractivity contribution in [3.8, 4) is 0 Å². The molecule has 1 aromatic rings. The molecule has 0 aromatic carbocycles. The van der Waals surface area contributed by atoms with Gasteiger partial charge in [0, 0.05) is 26.3 Å². The first-order valence-electron chi connectivity index (χ1n) is 9.56. The van der Waals surface area contributed by atoms with E-state index in [-0.39, 0.29) is 24.1 Å². The molecule has 2 saturated heterocycles. The lowest BCUT2D eigenvalue weighted by Crippen LogP contribution is -2.51.